The van der Waals surface area contributed by atoms with E-state index in [0.717, 1.165) is 24.5 Å². The molecular weight excluding hydrogens is 224 g/mol. The van der Waals surface area contributed by atoms with Crippen LogP contribution in [0, 0.1) is 11.3 Å². The van der Waals surface area contributed by atoms with Crippen molar-refractivity contribution in [2.45, 2.75) is 6.42 Å². The van der Waals surface area contributed by atoms with Gasteiger partial charge in [0.2, 0.25) is 0 Å². The molecule has 1 aromatic rings. The fraction of sp³-hybridized carbons (Fsp3) is 0.429. The normalized spacial score (nSPS) is 9.50. The Morgan fingerprint density at radius 1 is 1.22 bits per heavy atom. The molecule has 0 bridgehead atoms. The Morgan fingerprint density at radius 3 is 2.44 bits per heavy atom. The molecule has 0 aliphatic carbocycles. The molecule has 0 unspecified atom stereocenters. The lowest BCUT2D eigenvalue weighted by molar-refractivity contribution is 0.479. The van der Waals surface area contributed by atoms with Gasteiger partial charge in [-0.1, -0.05) is 12.1 Å². The maximum atomic E-state index is 8.83. The molecule has 0 saturated carbocycles. The van der Waals surface area contributed by atoms with Gasteiger partial charge >= 0.3 is 0 Å². The molecule has 96 valence electrons. The first-order chi connectivity index (χ1) is 8.54. The van der Waals surface area contributed by atoms with Crippen LogP contribution >= 0.6 is 0 Å². The van der Waals surface area contributed by atoms with Gasteiger partial charge in [-0.15, -0.1) is 0 Å². The van der Waals surface area contributed by atoms with Gasteiger partial charge in [0.05, 0.1) is 11.6 Å². The maximum Gasteiger partial charge on any atom is 0.195 e. The summed E-state index contributed by atoms with van der Waals surface area (Å²) < 4.78 is 0. The van der Waals surface area contributed by atoms with Crippen molar-refractivity contribution in [2.24, 2.45) is 4.99 Å². The number of aliphatic imine (C=N–C) groups is 1. The molecule has 1 aromatic carbocycles. The molecule has 0 spiro atoms. The minimum Gasteiger partial charge on any atom is -0.349 e. The molecular formula is C14H20N4. The molecule has 0 heterocycles. The van der Waals surface area contributed by atoms with E-state index in [9.17, 15) is 0 Å². The zero-order chi connectivity index (χ0) is 13.5. The van der Waals surface area contributed by atoms with Gasteiger partial charge in [-0.3, -0.25) is 4.99 Å². The second-order valence-electron chi connectivity index (χ2n) is 4.53. The van der Waals surface area contributed by atoms with Crippen LogP contribution in [0.5, 0.6) is 0 Å². The monoisotopic (exact) mass is 244 g/mol. The topological polar surface area (TPSA) is 42.6 Å². The van der Waals surface area contributed by atoms with Crippen LogP contribution in [0.4, 0.5) is 0 Å². The Hall–Kier alpha value is -2.02. The van der Waals surface area contributed by atoms with Crippen molar-refractivity contribution in [3.8, 4) is 6.07 Å². The van der Waals surface area contributed by atoms with E-state index < -0.39 is 0 Å². The van der Waals surface area contributed by atoms with Crippen LogP contribution in [0.15, 0.2) is 29.3 Å². The molecule has 0 saturated heterocycles. The molecule has 4 nitrogen and oxygen atoms in total. The Kier molecular flexibility index (Phi) is 5.19. The number of rotatable bonds is 3. The average Bonchev–Trinajstić information content (AvgIpc) is 2.34. The zero-order valence-corrected chi connectivity index (χ0v) is 11.5. The van der Waals surface area contributed by atoms with E-state index in [1.165, 1.54) is 0 Å². The van der Waals surface area contributed by atoms with Gasteiger partial charge < -0.3 is 9.80 Å². The number of nitriles is 1. The highest BCUT2D eigenvalue weighted by molar-refractivity contribution is 5.79. The van der Waals surface area contributed by atoms with Crippen molar-refractivity contribution < 1.29 is 0 Å². The third kappa shape index (κ3) is 4.10. The fourth-order valence-corrected chi connectivity index (χ4v) is 1.76. The van der Waals surface area contributed by atoms with Gasteiger partial charge in [0, 0.05) is 34.7 Å². The van der Waals surface area contributed by atoms with Gasteiger partial charge in [-0.05, 0) is 24.1 Å². The molecule has 0 aromatic heterocycles. The van der Waals surface area contributed by atoms with Gasteiger partial charge in [-0.25, -0.2) is 0 Å². The summed E-state index contributed by atoms with van der Waals surface area (Å²) >= 11 is 0. The van der Waals surface area contributed by atoms with Crippen molar-refractivity contribution in [2.75, 3.05) is 34.7 Å². The molecule has 0 N–H and O–H groups in total. The molecule has 0 amide bonds. The third-order valence-corrected chi connectivity index (χ3v) is 2.51. The average molecular weight is 244 g/mol. The van der Waals surface area contributed by atoms with Crippen molar-refractivity contribution in [1.82, 2.24) is 9.80 Å². The predicted octanol–water partition coefficient (Wildman–Crippen LogP) is 1.58. The van der Waals surface area contributed by atoms with E-state index in [4.69, 9.17) is 5.26 Å². The van der Waals surface area contributed by atoms with Gasteiger partial charge in [0.1, 0.15) is 0 Å². The zero-order valence-electron chi connectivity index (χ0n) is 11.5. The smallest absolute Gasteiger partial charge is 0.195 e. The van der Waals surface area contributed by atoms with E-state index >= 15 is 0 Å². The quantitative estimate of drug-likeness (QED) is 0.599. The molecule has 4 heteroatoms. The molecule has 0 aliphatic heterocycles. The summed E-state index contributed by atoms with van der Waals surface area (Å²) in [7, 11) is 7.93. The first-order valence-corrected chi connectivity index (χ1v) is 5.92. The number of hydrogen-bond donors (Lipinski definition) is 0. The predicted molar refractivity (Wildman–Crippen MR) is 74.5 cm³/mol. The van der Waals surface area contributed by atoms with Gasteiger partial charge in [-0.2, -0.15) is 5.26 Å². The summed E-state index contributed by atoms with van der Waals surface area (Å²) in [5.41, 5.74) is 1.85. The highest BCUT2D eigenvalue weighted by Gasteiger charge is 2.03. The summed E-state index contributed by atoms with van der Waals surface area (Å²) in [6.45, 7) is 0.723. The standard InChI is InChI=1S/C14H20N4/c1-17(2)14(18(3)4)16-9-8-12-6-5-7-13(10-12)11-15/h5-7,10H,8-9H2,1-4H3. The number of benzene rings is 1. The van der Waals surface area contributed by atoms with Crippen LogP contribution in [0.1, 0.15) is 11.1 Å². The number of guanidine groups is 1. The van der Waals surface area contributed by atoms with Crippen LogP contribution in [-0.4, -0.2) is 50.5 Å². The van der Waals surface area contributed by atoms with E-state index in [0.29, 0.717) is 5.56 Å². The van der Waals surface area contributed by atoms with Crippen molar-refractivity contribution in [3.05, 3.63) is 35.4 Å². The van der Waals surface area contributed by atoms with Crippen LogP contribution < -0.4 is 0 Å². The Balaban J connectivity index is 2.65. The number of hydrogen-bond acceptors (Lipinski definition) is 2. The van der Waals surface area contributed by atoms with Crippen LogP contribution in [-0.2, 0) is 6.42 Å². The van der Waals surface area contributed by atoms with Gasteiger partial charge in [0.25, 0.3) is 0 Å². The fourth-order valence-electron chi connectivity index (χ4n) is 1.76. The number of nitrogens with zero attached hydrogens (tertiary/aromatic N) is 4. The van der Waals surface area contributed by atoms with Crippen LogP contribution in [0.2, 0.25) is 0 Å². The largest absolute Gasteiger partial charge is 0.349 e. The highest BCUT2D eigenvalue weighted by Crippen LogP contribution is 2.05. The Morgan fingerprint density at radius 2 is 1.89 bits per heavy atom. The van der Waals surface area contributed by atoms with Crippen molar-refractivity contribution in [1.29, 1.82) is 5.26 Å². The second-order valence-corrected chi connectivity index (χ2v) is 4.53. The van der Waals surface area contributed by atoms with E-state index in [1.807, 2.05) is 62.3 Å². The van der Waals surface area contributed by atoms with E-state index in [2.05, 4.69) is 11.1 Å². The van der Waals surface area contributed by atoms with E-state index in [1.54, 1.807) is 0 Å². The lowest BCUT2D eigenvalue weighted by Crippen LogP contribution is -2.35. The van der Waals surface area contributed by atoms with Gasteiger partial charge in [0.15, 0.2) is 5.96 Å². The summed E-state index contributed by atoms with van der Waals surface area (Å²) in [5.74, 6) is 0.950. The first kappa shape index (κ1) is 14.0. The minimum atomic E-state index is 0.705. The van der Waals surface area contributed by atoms with Crippen molar-refractivity contribution >= 4 is 5.96 Å². The minimum absolute atomic E-state index is 0.705. The second kappa shape index (κ2) is 6.65. The molecule has 0 atom stereocenters. The Bertz CT molecular complexity index is 445. The summed E-state index contributed by atoms with van der Waals surface area (Å²) in [5, 5.41) is 8.83. The maximum absolute atomic E-state index is 8.83. The van der Waals surface area contributed by atoms with Crippen molar-refractivity contribution in [3.63, 3.8) is 0 Å². The lowest BCUT2D eigenvalue weighted by Gasteiger charge is -2.22. The molecule has 0 radical (unpaired) electrons. The third-order valence-electron chi connectivity index (χ3n) is 2.51. The summed E-state index contributed by atoms with van der Waals surface area (Å²) in [6, 6.07) is 9.83. The molecule has 18 heavy (non-hydrogen) atoms. The van der Waals surface area contributed by atoms with Crippen LogP contribution in [0.3, 0.4) is 0 Å². The highest BCUT2D eigenvalue weighted by atomic mass is 15.3. The molecule has 0 fully saturated rings. The lowest BCUT2D eigenvalue weighted by atomic mass is 10.1. The SMILES string of the molecule is CN(C)C(=NCCc1cccc(C#N)c1)N(C)C. The molecule has 1 rings (SSSR count). The summed E-state index contributed by atoms with van der Waals surface area (Å²) in [6.07, 6.45) is 0.848. The summed E-state index contributed by atoms with van der Waals surface area (Å²) in [4.78, 5) is 8.54. The first-order valence-electron chi connectivity index (χ1n) is 5.92. The Labute approximate surface area is 109 Å². The molecule has 0 aliphatic rings. The van der Waals surface area contributed by atoms with E-state index in [-0.39, 0.29) is 0 Å². The van der Waals surface area contributed by atoms with Crippen LogP contribution in [0.25, 0.3) is 0 Å².